The van der Waals surface area contributed by atoms with Crippen LogP contribution in [0.5, 0.6) is 5.75 Å². The number of rotatable bonds is 4. The van der Waals surface area contributed by atoms with E-state index in [4.69, 9.17) is 9.47 Å². The smallest absolute Gasteiger partial charge is 0.245 e. The van der Waals surface area contributed by atoms with Gasteiger partial charge in [0, 0.05) is 19.6 Å². The van der Waals surface area contributed by atoms with Gasteiger partial charge in [0.2, 0.25) is 11.8 Å². The van der Waals surface area contributed by atoms with Gasteiger partial charge in [0.1, 0.15) is 11.8 Å². The number of likely N-dealkylation sites (tertiary alicyclic amines) is 1. The van der Waals surface area contributed by atoms with Gasteiger partial charge in [0.25, 0.3) is 0 Å². The van der Waals surface area contributed by atoms with Crippen LogP contribution in [0.1, 0.15) is 24.8 Å². The van der Waals surface area contributed by atoms with E-state index < -0.39 is 0 Å². The van der Waals surface area contributed by atoms with Crippen molar-refractivity contribution in [3.05, 3.63) is 29.8 Å². The van der Waals surface area contributed by atoms with E-state index in [2.05, 4.69) is 0 Å². The number of hydrogen-bond acceptors (Lipinski definition) is 4. The van der Waals surface area contributed by atoms with E-state index in [9.17, 15) is 9.59 Å². The van der Waals surface area contributed by atoms with Gasteiger partial charge in [0.15, 0.2) is 0 Å². The molecule has 1 aromatic rings. The third-order valence-electron chi connectivity index (χ3n) is 4.95. The van der Waals surface area contributed by atoms with Crippen LogP contribution in [0.4, 0.5) is 0 Å². The number of amides is 2. The summed E-state index contributed by atoms with van der Waals surface area (Å²) in [7, 11) is 1.62. The molecule has 6 nitrogen and oxygen atoms in total. The molecule has 0 saturated carbocycles. The van der Waals surface area contributed by atoms with Gasteiger partial charge in [-0.1, -0.05) is 12.1 Å². The average Bonchev–Trinajstić information content (AvgIpc) is 2.68. The summed E-state index contributed by atoms with van der Waals surface area (Å²) < 4.78 is 10.5. The minimum atomic E-state index is -0.322. The molecule has 1 unspecified atom stereocenters. The summed E-state index contributed by atoms with van der Waals surface area (Å²) in [4.78, 5) is 29.3. The molecule has 1 aromatic carbocycles. The second kappa shape index (κ2) is 8.34. The second-order valence-corrected chi connectivity index (χ2v) is 6.56. The number of benzene rings is 1. The Morgan fingerprint density at radius 2 is 1.84 bits per heavy atom. The predicted molar refractivity (Wildman–Crippen MR) is 93.4 cm³/mol. The van der Waals surface area contributed by atoms with E-state index in [1.807, 2.05) is 29.2 Å². The van der Waals surface area contributed by atoms with Crippen LogP contribution in [-0.4, -0.2) is 67.6 Å². The first-order chi connectivity index (χ1) is 12.2. The molecular formula is C19H26N2O4. The largest absolute Gasteiger partial charge is 0.497 e. The van der Waals surface area contributed by atoms with Gasteiger partial charge in [-0.2, -0.15) is 0 Å². The van der Waals surface area contributed by atoms with Crippen molar-refractivity contribution < 1.29 is 19.1 Å². The van der Waals surface area contributed by atoms with Crippen LogP contribution in [0.15, 0.2) is 24.3 Å². The lowest BCUT2D eigenvalue weighted by molar-refractivity contribution is -0.149. The fourth-order valence-corrected chi connectivity index (χ4v) is 3.50. The number of nitrogens with zero attached hydrogens (tertiary/aromatic N) is 2. The topological polar surface area (TPSA) is 59.1 Å². The first-order valence-corrected chi connectivity index (χ1v) is 8.98. The zero-order chi connectivity index (χ0) is 17.6. The summed E-state index contributed by atoms with van der Waals surface area (Å²) >= 11 is 0. The second-order valence-electron chi connectivity index (χ2n) is 6.56. The molecule has 0 bridgehead atoms. The first-order valence-electron chi connectivity index (χ1n) is 8.98. The van der Waals surface area contributed by atoms with E-state index in [0.29, 0.717) is 39.3 Å². The van der Waals surface area contributed by atoms with Crippen LogP contribution in [-0.2, 0) is 20.7 Å². The Balaban J connectivity index is 1.66. The summed E-state index contributed by atoms with van der Waals surface area (Å²) in [5.74, 6) is 0.872. The first kappa shape index (κ1) is 17.7. The minimum absolute atomic E-state index is 0.0245. The fraction of sp³-hybridized carbons (Fsp3) is 0.579. The zero-order valence-electron chi connectivity index (χ0n) is 14.8. The van der Waals surface area contributed by atoms with Gasteiger partial charge < -0.3 is 19.3 Å². The molecule has 1 atom stereocenters. The molecule has 2 amide bonds. The molecule has 0 aromatic heterocycles. The maximum absolute atomic E-state index is 12.9. The molecule has 0 aliphatic carbocycles. The predicted octanol–water partition coefficient (Wildman–Crippen LogP) is 1.48. The monoisotopic (exact) mass is 346 g/mol. The Morgan fingerprint density at radius 1 is 1.12 bits per heavy atom. The number of ether oxygens (including phenoxy) is 2. The van der Waals surface area contributed by atoms with Crippen molar-refractivity contribution in [1.29, 1.82) is 0 Å². The maximum atomic E-state index is 12.9. The van der Waals surface area contributed by atoms with Crippen LogP contribution in [0.3, 0.4) is 0 Å². The van der Waals surface area contributed by atoms with E-state index >= 15 is 0 Å². The van der Waals surface area contributed by atoms with Gasteiger partial charge in [0.05, 0.1) is 26.7 Å². The van der Waals surface area contributed by atoms with Gasteiger partial charge in [-0.3, -0.25) is 9.59 Å². The molecule has 0 radical (unpaired) electrons. The molecule has 2 heterocycles. The zero-order valence-corrected chi connectivity index (χ0v) is 14.8. The van der Waals surface area contributed by atoms with Gasteiger partial charge >= 0.3 is 0 Å². The van der Waals surface area contributed by atoms with Crippen LogP contribution in [0.2, 0.25) is 0 Å². The maximum Gasteiger partial charge on any atom is 0.245 e. The number of carbonyl (C=O) groups is 2. The summed E-state index contributed by atoms with van der Waals surface area (Å²) in [6.45, 7) is 3.07. The number of hydrogen-bond donors (Lipinski definition) is 0. The van der Waals surface area contributed by atoms with Crippen LogP contribution >= 0.6 is 0 Å². The van der Waals surface area contributed by atoms with Crippen molar-refractivity contribution >= 4 is 11.8 Å². The third-order valence-corrected chi connectivity index (χ3v) is 4.95. The normalized spacial score (nSPS) is 21.1. The highest BCUT2D eigenvalue weighted by atomic mass is 16.5. The van der Waals surface area contributed by atoms with Crippen molar-refractivity contribution in [3.8, 4) is 5.75 Å². The molecule has 2 saturated heterocycles. The summed E-state index contributed by atoms with van der Waals surface area (Å²) in [6.07, 6.45) is 3.02. The van der Waals surface area contributed by atoms with Crippen molar-refractivity contribution in [1.82, 2.24) is 9.80 Å². The molecular weight excluding hydrogens is 320 g/mol. The Hall–Kier alpha value is -2.08. The Morgan fingerprint density at radius 3 is 2.52 bits per heavy atom. The minimum Gasteiger partial charge on any atom is -0.497 e. The molecule has 2 fully saturated rings. The number of piperidine rings is 1. The lowest BCUT2D eigenvalue weighted by Crippen LogP contribution is -2.55. The van der Waals surface area contributed by atoms with E-state index in [1.165, 1.54) is 0 Å². The van der Waals surface area contributed by atoms with Crippen molar-refractivity contribution in [2.24, 2.45) is 0 Å². The van der Waals surface area contributed by atoms with Crippen molar-refractivity contribution in [2.45, 2.75) is 31.7 Å². The van der Waals surface area contributed by atoms with Crippen LogP contribution in [0.25, 0.3) is 0 Å². The third kappa shape index (κ3) is 4.31. The lowest BCUT2D eigenvalue weighted by Gasteiger charge is -2.38. The van der Waals surface area contributed by atoms with Gasteiger partial charge in [-0.15, -0.1) is 0 Å². The standard InChI is InChI=1S/C19H26N2O4/c1-24-16-7-5-15(6-8-16)14-18(22)21-9-3-2-4-17(21)19(23)20-10-12-25-13-11-20/h5-8,17H,2-4,9-14H2,1H3. The Labute approximate surface area is 148 Å². The molecule has 136 valence electrons. The van der Waals surface area contributed by atoms with Crippen molar-refractivity contribution in [3.63, 3.8) is 0 Å². The molecule has 0 N–H and O–H groups in total. The molecule has 2 aliphatic rings. The molecule has 25 heavy (non-hydrogen) atoms. The summed E-state index contributed by atoms with van der Waals surface area (Å²) in [5, 5.41) is 0. The Bertz CT molecular complexity index is 596. The van der Waals surface area contributed by atoms with Gasteiger partial charge in [-0.25, -0.2) is 0 Å². The van der Waals surface area contributed by atoms with Crippen LogP contribution < -0.4 is 4.74 Å². The highest BCUT2D eigenvalue weighted by Crippen LogP contribution is 2.21. The van der Waals surface area contributed by atoms with E-state index in [-0.39, 0.29) is 17.9 Å². The highest BCUT2D eigenvalue weighted by Gasteiger charge is 2.35. The Kier molecular flexibility index (Phi) is 5.91. The number of carbonyl (C=O) groups excluding carboxylic acids is 2. The number of methoxy groups -OCH3 is 1. The number of morpholine rings is 1. The SMILES string of the molecule is COc1ccc(CC(=O)N2CCCCC2C(=O)N2CCOCC2)cc1. The molecule has 6 heteroatoms. The quantitative estimate of drug-likeness (QED) is 0.829. The van der Waals surface area contributed by atoms with Crippen LogP contribution in [0, 0.1) is 0 Å². The fourth-order valence-electron chi connectivity index (χ4n) is 3.50. The van der Waals surface area contributed by atoms with E-state index in [0.717, 1.165) is 30.6 Å². The van der Waals surface area contributed by atoms with E-state index in [1.54, 1.807) is 12.0 Å². The average molecular weight is 346 g/mol. The lowest BCUT2D eigenvalue weighted by atomic mass is 9.99. The van der Waals surface area contributed by atoms with Gasteiger partial charge in [-0.05, 0) is 37.0 Å². The highest BCUT2D eigenvalue weighted by molar-refractivity contribution is 5.88. The molecule has 3 rings (SSSR count). The summed E-state index contributed by atoms with van der Waals surface area (Å²) in [6, 6.07) is 7.20. The molecule has 0 spiro atoms. The summed E-state index contributed by atoms with van der Waals surface area (Å²) in [5.41, 5.74) is 0.939. The molecule has 2 aliphatic heterocycles. The van der Waals surface area contributed by atoms with Crippen molar-refractivity contribution in [2.75, 3.05) is 40.0 Å².